The lowest BCUT2D eigenvalue weighted by Crippen LogP contribution is -1.93. The average molecular weight is 194 g/mol. The SMILES string of the molecule is C=C1CCC(=C)CC1.N=C=O.N=C=O. The van der Waals surface area contributed by atoms with Gasteiger partial charge in [0.2, 0.25) is 12.2 Å². The Hall–Kier alpha value is -1.76. The standard InChI is InChI=1S/C8H12.2CHNO/c1-7-3-5-8(2)6-4-7;2*2-1-3/h1-6H2;2*2H. The predicted molar refractivity (Wildman–Crippen MR) is 53.6 cm³/mol. The monoisotopic (exact) mass is 194 g/mol. The van der Waals surface area contributed by atoms with Crippen LogP contribution in [0.4, 0.5) is 0 Å². The molecule has 1 saturated carbocycles. The van der Waals surface area contributed by atoms with E-state index < -0.39 is 0 Å². The summed E-state index contributed by atoms with van der Waals surface area (Å²) >= 11 is 0. The Labute approximate surface area is 83.3 Å². The zero-order valence-electron chi connectivity index (χ0n) is 8.06. The minimum absolute atomic E-state index is 0.750. The molecule has 4 nitrogen and oxygen atoms in total. The predicted octanol–water partition coefficient (Wildman–Crippen LogP) is 2.47. The van der Waals surface area contributed by atoms with Crippen LogP contribution in [-0.4, -0.2) is 12.2 Å². The van der Waals surface area contributed by atoms with Crippen LogP contribution in [0.2, 0.25) is 0 Å². The third-order valence-electron chi connectivity index (χ3n) is 1.66. The molecule has 76 valence electrons. The van der Waals surface area contributed by atoms with Gasteiger partial charge in [0.15, 0.2) is 0 Å². The fourth-order valence-corrected chi connectivity index (χ4v) is 0.957. The minimum atomic E-state index is 0.750. The molecule has 0 unspecified atom stereocenters. The summed E-state index contributed by atoms with van der Waals surface area (Å²) in [6.07, 6.45) is 6.22. The summed E-state index contributed by atoms with van der Waals surface area (Å²) in [7, 11) is 0. The maximum absolute atomic E-state index is 8.35. The van der Waals surface area contributed by atoms with E-state index in [0.29, 0.717) is 0 Å². The van der Waals surface area contributed by atoms with Gasteiger partial charge in [-0.1, -0.05) is 24.3 Å². The van der Waals surface area contributed by atoms with Gasteiger partial charge in [-0.3, -0.25) is 0 Å². The first-order valence-electron chi connectivity index (χ1n) is 4.03. The van der Waals surface area contributed by atoms with Crippen molar-refractivity contribution in [2.75, 3.05) is 0 Å². The van der Waals surface area contributed by atoms with Crippen molar-refractivity contribution in [1.82, 2.24) is 0 Å². The van der Waals surface area contributed by atoms with Crippen molar-refractivity contribution in [3.8, 4) is 0 Å². The van der Waals surface area contributed by atoms with Crippen molar-refractivity contribution in [2.24, 2.45) is 0 Å². The summed E-state index contributed by atoms with van der Waals surface area (Å²) < 4.78 is 0. The van der Waals surface area contributed by atoms with Crippen LogP contribution in [0, 0.1) is 10.8 Å². The maximum atomic E-state index is 8.35. The fourth-order valence-electron chi connectivity index (χ4n) is 0.957. The largest absolute Gasteiger partial charge is 0.231 e. The number of nitrogens with one attached hydrogen (secondary N) is 2. The summed E-state index contributed by atoms with van der Waals surface area (Å²) in [4.78, 5) is 16.7. The average Bonchev–Trinajstić information content (AvgIpc) is 2.13. The van der Waals surface area contributed by atoms with Crippen LogP contribution < -0.4 is 0 Å². The summed E-state index contributed by atoms with van der Waals surface area (Å²) in [6, 6.07) is 0. The molecule has 0 aromatic heterocycles. The van der Waals surface area contributed by atoms with Crippen LogP contribution in [0.25, 0.3) is 0 Å². The first-order chi connectivity index (χ1) is 6.62. The normalized spacial score (nSPS) is 13.4. The van der Waals surface area contributed by atoms with E-state index in [1.54, 1.807) is 0 Å². The van der Waals surface area contributed by atoms with Gasteiger partial charge < -0.3 is 0 Å². The van der Waals surface area contributed by atoms with Gasteiger partial charge in [-0.25, -0.2) is 20.4 Å². The van der Waals surface area contributed by atoms with Crippen LogP contribution in [-0.2, 0) is 9.59 Å². The molecule has 0 radical (unpaired) electrons. The molecule has 4 heteroatoms. The molecule has 0 heterocycles. The van der Waals surface area contributed by atoms with Gasteiger partial charge in [0.05, 0.1) is 0 Å². The highest BCUT2D eigenvalue weighted by Gasteiger charge is 2.04. The zero-order chi connectivity index (χ0) is 11.4. The first-order valence-corrected chi connectivity index (χ1v) is 4.03. The highest BCUT2D eigenvalue weighted by atomic mass is 16.1. The van der Waals surface area contributed by atoms with Crippen LogP contribution in [0.3, 0.4) is 0 Å². The van der Waals surface area contributed by atoms with Crippen molar-refractivity contribution in [3.05, 3.63) is 24.3 Å². The van der Waals surface area contributed by atoms with Crippen molar-refractivity contribution in [2.45, 2.75) is 25.7 Å². The lowest BCUT2D eigenvalue weighted by Gasteiger charge is -2.13. The molecule has 1 rings (SSSR count). The topological polar surface area (TPSA) is 81.8 Å². The van der Waals surface area contributed by atoms with E-state index in [4.69, 9.17) is 20.4 Å². The third kappa shape index (κ3) is 12.9. The summed E-state index contributed by atoms with van der Waals surface area (Å²) in [6.45, 7) is 7.82. The van der Waals surface area contributed by atoms with Gasteiger partial charge in [0.25, 0.3) is 0 Å². The smallest absolute Gasteiger partial charge is 0.222 e. The molecule has 0 amide bonds. The molecule has 14 heavy (non-hydrogen) atoms. The van der Waals surface area contributed by atoms with E-state index in [2.05, 4.69) is 13.2 Å². The van der Waals surface area contributed by atoms with E-state index >= 15 is 0 Å². The van der Waals surface area contributed by atoms with Crippen LogP contribution in [0.1, 0.15) is 25.7 Å². The molecule has 2 N–H and O–H groups in total. The maximum Gasteiger partial charge on any atom is 0.231 e. The van der Waals surface area contributed by atoms with Crippen LogP contribution in [0.15, 0.2) is 24.3 Å². The minimum Gasteiger partial charge on any atom is -0.222 e. The number of allylic oxidation sites excluding steroid dienone is 2. The second kappa shape index (κ2) is 11.2. The molecule has 0 saturated heterocycles. The molecule has 0 spiro atoms. The summed E-state index contributed by atoms with van der Waals surface area (Å²) in [5, 5.41) is 10.8. The van der Waals surface area contributed by atoms with Crippen molar-refractivity contribution in [3.63, 3.8) is 0 Å². The Kier molecular flexibility index (Phi) is 11.8. The van der Waals surface area contributed by atoms with Gasteiger partial charge in [0.1, 0.15) is 0 Å². The number of hydrogen-bond acceptors (Lipinski definition) is 4. The zero-order valence-corrected chi connectivity index (χ0v) is 8.06. The first kappa shape index (κ1) is 14.7. The highest BCUT2D eigenvalue weighted by molar-refractivity contribution is 5.26. The molecule has 0 atom stereocenters. The molecule has 0 aromatic rings. The van der Waals surface area contributed by atoms with E-state index in [0.717, 1.165) is 12.2 Å². The lowest BCUT2D eigenvalue weighted by molar-refractivity contribution is 0.562. The lowest BCUT2D eigenvalue weighted by atomic mass is 9.93. The molecule has 0 aliphatic heterocycles. The Bertz CT molecular complexity index is 217. The second-order valence-electron chi connectivity index (χ2n) is 2.70. The molecule has 0 bridgehead atoms. The summed E-state index contributed by atoms with van der Waals surface area (Å²) in [5.74, 6) is 0. The molecule has 1 fully saturated rings. The number of isocyanates is 2. The van der Waals surface area contributed by atoms with E-state index in [1.165, 1.54) is 36.8 Å². The Morgan fingerprint density at radius 3 is 1.14 bits per heavy atom. The molecule has 1 aliphatic rings. The molecular formula is C10H14N2O2. The number of rotatable bonds is 0. The van der Waals surface area contributed by atoms with Gasteiger partial charge >= 0.3 is 0 Å². The fraction of sp³-hybridized carbons (Fsp3) is 0.400. The quantitative estimate of drug-likeness (QED) is 0.353. The second-order valence-corrected chi connectivity index (χ2v) is 2.70. The molecular weight excluding hydrogens is 180 g/mol. The van der Waals surface area contributed by atoms with Gasteiger partial charge in [-0.15, -0.1) is 0 Å². The Balaban J connectivity index is 0. The third-order valence-corrected chi connectivity index (χ3v) is 1.66. The Morgan fingerprint density at radius 2 is 1.00 bits per heavy atom. The van der Waals surface area contributed by atoms with Crippen LogP contribution >= 0.6 is 0 Å². The van der Waals surface area contributed by atoms with Gasteiger partial charge in [-0.2, -0.15) is 0 Å². The van der Waals surface area contributed by atoms with E-state index in [-0.39, 0.29) is 0 Å². The van der Waals surface area contributed by atoms with E-state index in [1.807, 2.05) is 0 Å². The van der Waals surface area contributed by atoms with Crippen molar-refractivity contribution < 1.29 is 9.59 Å². The van der Waals surface area contributed by atoms with Gasteiger partial charge in [0, 0.05) is 0 Å². The van der Waals surface area contributed by atoms with Crippen LogP contribution in [0.5, 0.6) is 0 Å². The highest BCUT2D eigenvalue weighted by Crippen LogP contribution is 2.24. The van der Waals surface area contributed by atoms with Crippen molar-refractivity contribution in [1.29, 1.82) is 10.8 Å². The number of carbonyl (C=O) groups excluding carboxylic acids is 2. The van der Waals surface area contributed by atoms with Crippen molar-refractivity contribution >= 4 is 12.2 Å². The Morgan fingerprint density at radius 1 is 0.857 bits per heavy atom. The molecule has 0 aromatic carbocycles. The van der Waals surface area contributed by atoms with E-state index in [9.17, 15) is 0 Å². The summed E-state index contributed by atoms with van der Waals surface area (Å²) in [5.41, 5.74) is 2.80. The molecule has 1 aliphatic carbocycles. The van der Waals surface area contributed by atoms with Gasteiger partial charge in [-0.05, 0) is 25.7 Å². The number of hydrogen-bond donors (Lipinski definition) is 2.